The van der Waals surface area contributed by atoms with Crippen molar-refractivity contribution in [2.75, 3.05) is 7.11 Å². The number of esters is 1. The summed E-state index contributed by atoms with van der Waals surface area (Å²) in [5.41, 5.74) is 0.984. The van der Waals surface area contributed by atoms with E-state index in [1.54, 1.807) is 11.0 Å². The maximum absolute atomic E-state index is 12.0. The second-order valence-electron chi connectivity index (χ2n) is 6.20. The predicted molar refractivity (Wildman–Crippen MR) is 90.6 cm³/mol. The monoisotopic (exact) mass is 328 g/mol. The predicted octanol–water partition coefficient (Wildman–Crippen LogP) is 2.48. The quantitative estimate of drug-likeness (QED) is 0.674. The van der Waals surface area contributed by atoms with Gasteiger partial charge in [0.1, 0.15) is 6.33 Å². The Hall–Kier alpha value is -2.21. The Labute approximate surface area is 142 Å². The molecular weight excluding hydrogens is 304 g/mol. The van der Waals surface area contributed by atoms with Crippen LogP contribution in [-0.4, -0.2) is 33.9 Å². The maximum atomic E-state index is 12.0. The first-order chi connectivity index (χ1) is 11.8. The van der Waals surface area contributed by atoms with E-state index >= 15 is 0 Å². The van der Waals surface area contributed by atoms with E-state index in [4.69, 9.17) is 4.74 Å². The fourth-order valence-electron chi connectivity index (χ4n) is 3.29. The molecule has 0 radical (unpaired) electrons. The zero-order valence-corrected chi connectivity index (χ0v) is 14.0. The number of aromatic nitrogens is 3. The number of methoxy groups -OCH3 is 1. The molecule has 1 saturated carbocycles. The van der Waals surface area contributed by atoms with Crippen LogP contribution >= 0.6 is 0 Å². The highest BCUT2D eigenvalue weighted by Gasteiger charge is 2.30. The summed E-state index contributed by atoms with van der Waals surface area (Å²) in [6, 6.07) is 10.0. The first-order valence-electron chi connectivity index (χ1n) is 8.55. The molecule has 6 nitrogen and oxygen atoms in total. The molecule has 2 aromatic rings. The van der Waals surface area contributed by atoms with Gasteiger partial charge in [-0.1, -0.05) is 37.5 Å². The number of nitrogens with zero attached hydrogens (tertiary/aromatic N) is 3. The first-order valence-corrected chi connectivity index (χ1v) is 8.55. The second-order valence-corrected chi connectivity index (χ2v) is 6.20. The van der Waals surface area contributed by atoms with E-state index in [0.717, 1.165) is 37.2 Å². The zero-order chi connectivity index (χ0) is 16.8. The van der Waals surface area contributed by atoms with E-state index in [1.165, 1.54) is 13.5 Å². The van der Waals surface area contributed by atoms with E-state index in [9.17, 15) is 4.79 Å². The van der Waals surface area contributed by atoms with Gasteiger partial charge >= 0.3 is 5.97 Å². The number of hydrogen-bond acceptors (Lipinski definition) is 5. The lowest BCUT2D eigenvalue weighted by Crippen LogP contribution is -2.39. The lowest BCUT2D eigenvalue weighted by Gasteiger charge is -2.23. The van der Waals surface area contributed by atoms with Crippen molar-refractivity contribution >= 4 is 5.97 Å². The topological polar surface area (TPSA) is 69.0 Å². The van der Waals surface area contributed by atoms with Crippen LogP contribution in [0.1, 0.15) is 37.9 Å². The molecule has 1 heterocycles. The molecule has 0 saturated heterocycles. The molecule has 0 bridgehead atoms. The van der Waals surface area contributed by atoms with E-state index < -0.39 is 0 Å². The third kappa shape index (κ3) is 4.00. The standard InChI is InChI=1S/C18H24N4O2/c1-24-18(23)15-10-6-3-7-11-16(15)19-12-17-20-13-22(21-17)14-8-4-2-5-9-14/h2,4-5,8-9,13,15-16,19H,3,6-7,10-12H2,1H3. The van der Waals surface area contributed by atoms with Crippen LogP contribution in [-0.2, 0) is 16.1 Å². The number of benzene rings is 1. The molecule has 6 heteroatoms. The molecule has 3 rings (SSSR count). The van der Waals surface area contributed by atoms with Crippen LogP contribution in [0, 0.1) is 5.92 Å². The smallest absolute Gasteiger partial charge is 0.310 e. The minimum absolute atomic E-state index is 0.0753. The first kappa shape index (κ1) is 16.6. The number of carbonyl (C=O) groups excluding carboxylic acids is 1. The van der Waals surface area contributed by atoms with Gasteiger partial charge in [0.05, 0.1) is 25.3 Å². The molecular formula is C18H24N4O2. The number of rotatable bonds is 5. The summed E-state index contributed by atoms with van der Waals surface area (Å²) < 4.78 is 6.74. The fraction of sp³-hybridized carbons (Fsp3) is 0.500. The second kappa shape index (κ2) is 8.06. The van der Waals surface area contributed by atoms with Gasteiger partial charge in [-0.05, 0) is 25.0 Å². The summed E-state index contributed by atoms with van der Waals surface area (Å²) in [7, 11) is 1.47. The number of nitrogens with one attached hydrogen (secondary N) is 1. The lowest BCUT2D eigenvalue weighted by molar-refractivity contribution is -0.146. The number of ether oxygens (including phenoxy) is 1. The Balaban J connectivity index is 1.63. The summed E-state index contributed by atoms with van der Waals surface area (Å²) in [5.74, 6) is 0.539. The van der Waals surface area contributed by atoms with Crippen molar-refractivity contribution in [3.8, 4) is 5.69 Å². The van der Waals surface area contributed by atoms with Gasteiger partial charge in [-0.15, -0.1) is 5.10 Å². The highest BCUT2D eigenvalue weighted by molar-refractivity contribution is 5.73. The van der Waals surface area contributed by atoms with E-state index in [0.29, 0.717) is 6.54 Å². The fourth-order valence-corrected chi connectivity index (χ4v) is 3.29. The number of para-hydroxylation sites is 1. The third-order valence-electron chi connectivity index (χ3n) is 4.60. The van der Waals surface area contributed by atoms with Crippen LogP contribution in [0.4, 0.5) is 0 Å². The molecule has 1 aliphatic carbocycles. The van der Waals surface area contributed by atoms with Crippen molar-refractivity contribution in [3.05, 3.63) is 42.5 Å². The van der Waals surface area contributed by atoms with Crippen LogP contribution in [0.5, 0.6) is 0 Å². The molecule has 128 valence electrons. The molecule has 0 aliphatic heterocycles. The van der Waals surface area contributed by atoms with Crippen molar-refractivity contribution in [1.29, 1.82) is 0 Å². The van der Waals surface area contributed by atoms with Crippen molar-refractivity contribution in [3.63, 3.8) is 0 Å². The van der Waals surface area contributed by atoms with Gasteiger partial charge in [0, 0.05) is 6.04 Å². The Morgan fingerprint density at radius 1 is 1.25 bits per heavy atom. The highest BCUT2D eigenvalue weighted by Crippen LogP contribution is 2.24. The Bertz CT molecular complexity index is 656. The van der Waals surface area contributed by atoms with Gasteiger partial charge in [0.15, 0.2) is 5.82 Å². The van der Waals surface area contributed by atoms with Gasteiger partial charge < -0.3 is 10.1 Å². The van der Waals surface area contributed by atoms with Crippen molar-refractivity contribution < 1.29 is 9.53 Å². The summed E-state index contributed by atoms with van der Waals surface area (Å²) in [5, 5.41) is 7.97. The Morgan fingerprint density at radius 3 is 2.83 bits per heavy atom. The lowest BCUT2D eigenvalue weighted by atomic mass is 9.95. The van der Waals surface area contributed by atoms with Crippen LogP contribution < -0.4 is 5.32 Å². The van der Waals surface area contributed by atoms with Gasteiger partial charge in [-0.25, -0.2) is 9.67 Å². The molecule has 0 spiro atoms. The molecule has 2 atom stereocenters. The van der Waals surface area contributed by atoms with Gasteiger partial charge in [0.25, 0.3) is 0 Å². The minimum Gasteiger partial charge on any atom is -0.469 e. The molecule has 1 aromatic carbocycles. The number of carbonyl (C=O) groups is 1. The average Bonchev–Trinajstić information content (AvgIpc) is 2.98. The van der Waals surface area contributed by atoms with Gasteiger partial charge in [-0.2, -0.15) is 0 Å². The Kier molecular flexibility index (Phi) is 5.59. The van der Waals surface area contributed by atoms with Crippen molar-refractivity contribution in [2.24, 2.45) is 5.92 Å². The van der Waals surface area contributed by atoms with Crippen molar-refractivity contribution in [1.82, 2.24) is 20.1 Å². The molecule has 1 aromatic heterocycles. The third-order valence-corrected chi connectivity index (χ3v) is 4.60. The van der Waals surface area contributed by atoms with E-state index in [-0.39, 0.29) is 17.9 Å². The van der Waals surface area contributed by atoms with Crippen molar-refractivity contribution in [2.45, 2.75) is 44.7 Å². The molecule has 1 aliphatic rings. The maximum Gasteiger partial charge on any atom is 0.310 e. The molecule has 1 N–H and O–H groups in total. The van der Waals surface area contributed by atoms with Crippen LogP contribution in [0.3, 0.4) is 0 Å². The minimum atomic E-state index is -0.114. The summed E-state index contributed by atoms with van der Waals surface area (Å²) in [6.07, 6.45) is 6.98. The SMILES string of the molecule is COC(=O)C1CCCCCC1NCc1ncn(-c2ccccc2)n1. The summed E-state index contributed by atoms with van der Waals surface area (Å²) >= 11 is 0. The molecule has 24 heavy (non-hydrogen) atoms. The summed E-state index contributed by atoms with van der Waals surface area (Å²) in [6.45, 7) is 0.554. The highest BCUT2D eigenvalue weighted by atomic mass is 16.5. The number of hydrogen-bond donors (Lipinski definition) is 1. The van der Waals surface area contributed by atoms with E-state index in [1.807, 2.05) is 30.3 Å². The van der Waals surface area contributed by atoms with Crippen LogP contribution in [0.2, 0.25) is 0 Å². The normalized spacial score (nSPS) is 21.2. The molecule has 0 amide bonds. The Morgan fingerprint density at radius 2 is 2.04 bits per heavy atom. The molecule has 1 fully saturated rings. The summed E-state index contributed by atoms with van der Waals surface area (Å²) in [4.78, 5) is 16.4. The zero-order valence-electron chi connectivity index (χ0n) is 14.0. The largest absolute Gasteiger partial charge is 0.469 e. The van der Waals surface area contributed by atoms with Crippen LogP contribution in [0.15, 0.2) is 36.7 Å². The van der Waals surface area contributed by atoms with Gasteiger partial charge in [0.2, 0.25) is 0 Å². The van der Waals surface area contributed by atoms with Gasteiger partial charge in [-0.3, -0.25) is 4.79 Å². The van der Waals surface area contributed by atoms with E-state index in [2.05, 4.69) is 15.4 Å². The van der Waals surface area contributed by atoms with Crippen LogP contribution in [0.25, 0.3) is 5.69 Å². The molecule has 2 unspecified atom stereocenters. The average molecular weight is 328 g/mol.